The smallest absolute Gasteiger partial charge is 0.0991 e. The summed E-state index contributed by atoms with van der Waals surface area (Å²) in [7, 11) is 0. The molecule has 1 N–H and O–H groups in total. The minimum absolute atomic E-state index is 0.583. The monoisotopic (exact) mass is 340 g/mol. The van der Waals surface area contributed by atoms with Crippen molar-refractivity contribution in [2.45, 2.75) is 31.3 Å². The molecule has 2 aromatic rings. The van der Waals surface area contributed by atoms with E-state index in [1.807, 2.05) is 18.2 Å². The van der Waals surface area contributed by atoms with Gasteiger partial charge in [-0.15, -0.1) is 0 Å². The van der Waals surface area contributed by atoms with Crippen LogP contribution < -0.4 is 5.32 Å². The number of nitriles is 1. The maximum atomic E-state index is 8.91. The summed E-state index contributed by atoms with van der Waals surface area (Å²) >= 11 is 3.53. The largest absolute Gasteiger partial charge is 0.310 e. The topological polar surface area (TPSA) is 35.8 Å². The molecule has 3 heteroatoms. The molecule has 1 aliphatic carbocycles. The van der Waals surface area contributed by atoms with Crippen molar-refractivity contribution < 1.29 is 0 Å². The molecule has 0 spiro atoms. The van der Waals surface area contributed by atoms with Gasteiger partial charge in [0.2, 0.25) is 0 Å². The number of hydrogen-bond donors (Lipinski definition) is 1. The summed E-state index contributed by atoms with van der Waals surface area (Å²) in [5.74, 6) is 0.672. The second-order valence-electron chi connectivity index (χ2n) is 5.61. The molecule has 1 saturated carbocycles. The number of halogens is 1. The summed E-state index contributed by atoms with van der Waals surface area (Å²) in [5, 5.41) is 12.5. The highest BCUT2D eigenvalue weighted by Gasteiger charge is 2.29. The average molecular weight is 341 g/mol. The van der Waals surface area contributed by atoms with E-state index in [2.05, 4.69) is 57.6 Å². The predicted octanol–water partition coefficient (Wildman–Crippen LogP) is 4.36. The number of nitrogens with one attached hydrogen (secondary N) is 1. The molecular weight excluding hydrogens is 324 g/mol. The third-order valence-electron chi connectivity index (χ3n) is 4.11. The Morgan fingerprint density at radius 1 is 1.14 bits per heavy atom. The highest BCUT2D eigenvalue weighted by atomic mass is 79.9. The molecule has 0 aromatic heterocycles. The molecule has 1 fully saturated rings. The van der Waals surface area contributed by atoms with Crippen LogP contribution in [0.2, 0.25) is 0 Å². The minimum Gasteiger partial charge on any atom is -0.310 e. The second-order valence-corrected chi connectivity index (χ2v) is 6.53. The van der Waals surface area contributed by atoms with Gasteiger partial charge in [0.15, 0.2) is 0 Å². The number of benzene rings is 2. The van der Waals surface area contributed by atoms with Crippen molar-refractivity contribution >= 4 is 15.9 Å². The van der Waals surface area contributed by atoms with Gasteiger partial charge in [0.05, 0.1) is 11.6 Å². The van der Waals surface area contributed by atoms with Crippen LogP contribution in [0.1, 0.15) is 35.4 Å². The van der Waals surface area contributed by atoms with E-state index in [-0.39, 0.29) is 0 Å². The molecule has 1 aliphatic rings. The van der Waals surface area contributed by atoms with Crippen molar-refractivity contribution in [3.63, 3.8) is 0 Å². The lowest BCUT2D eigenvalue weighted by molar-refractivity contribution is 0.289. The molecule has 0 aliphatic heterocycles. The quantitative estimate of drug-likeness (QED) is 0.897. The van der Waals surface area contributed by atoms with Crippen LogP contribution in [-0.4, -0.2) is 6.04 Å². The van der Waals surface area contributed by atoms with Crippen LogP contribution in [0.4, 0.5) is 0 Å². The fourth-order valence-electron chi connectivity index (χ4n) is 2.83. The summed E-state index contributed by atoms with van der Waals surface area (Å²) in [5.41, 5.74) is 3.34. The van der Waals surface area contributed by atoms with Crippen LogP contribution in [0.3, 0.4) is 0 Å². The summed E-state index contributed by atoms with van der Waals surface area (Å²) in [6.07, 6.45) is 2.38. The first kappa shape index (κ1) is 14.3. The van der Waals surface area contributed by atoms with Crippen LogP contribution in [0.15, 0.2) is 53.0 Å². The number of hydrogen-bond acceptors (Lipinski definition) is 2. The van der Waals surface area contributed by atoms with E-state index in [4.69, 9.17) is 5.26 Å². The number of nitrogens with zero attached hydrogens (tertiary/aromatic N) is 1. The fourth-order valence-corrected chi connectivity index (χ4v) is 3.25. The predicted molar refractivity (Wildman–Crippen MR) is 87.9 cm³/mol. The third kappa shape index (κ3) is 3.53. The molecule has 0 amide bonds. The summed E-state index contributed by atoms with van der Waals surface area (Å²) in [6, 6.07) is 19.2. The Bertz CT molecular complexity index is 669. The van der Waals surface area contributed by atoms with Gasteiger partial charge in [0.1, 0.15) is 0 Å². The van der Waals surface area contributed by atoms with Gasteiger partial charge in [-0.25, -0.2) is 0 Å². The van der Waals surface area contributed by atoms with Crippen LogP contribution in [0.5, 0.6) is 0 Å². The Hall–Kier alpha value is -1.63. The van der Waals surface area contributed by atoms with Crippen molar-refractivity contribution in [3.8, 4) is 6.07 Å². The van der Waals surface area contributed by atoms with Crippen molar-refractivity contribution in [2.24, 2.45) is 0 Å². The molecule has 0 heterocycles. The molecule has 2 aromatic carbocycles. The molecule has 0 bridgehead atoms. The van der Waals surface area contributed by atoms with Crippen LogP contribution in [0, 0.1) is 11.3 Å². The lowest BCUT2D eigenvalue weighted by Gasteiger charge is -2.36. The van der Waals surface area contributed by atoms with Gasteiger partial charge >= 0.3 is 0 Å². The Kier molecular flexibility index (Phi) is 4.38. The Morgan fingerprint density at radius 3 is 2.71 bits per heavy atom. The highest BCUT2D eigenvalue weighted by Crippen LogP contribution is 2.37. The van der Waals surface area contributed by atoms with E-state index >= 15 is 0 Å². The Balaban J connectivity index is 1.50. The zero-order valence-corrected chi connectivity index (χ0v) is 13.3. The van der Waals surface area contributed by atoms with Crippen LogP contribution in [-0.2, 0) is 6.54 Å². The molecule has 21 heavy (non-hydrogen) atoms. The van der Waals surface area contributed by atoms with Crippen molar-refractivity contribution in [2.75, 3.05) is 0 Å². The number of rotatable bonds is 4. The van der Waals surface area contributed by atoms with Gasteiger partial charge in [-0.1, -0.05) is 40.2 Å². The molecule has 0 radical (unpaired) electrons. The average Bonchev–Trinajstić information content (AvgIpc) is 2.46. The standard InChI is InChI=1S/C18H17BrN2/c19-17-6-2-5-15(8-17)16-9-18(10-16)21-12-14-4-1-3-13(7-14)11-20/h1-8,16,18,21H,9-10,12H2. The fraction of sp³-hybridized carbons (Fsp3) is 0.278. The summed E-state index contributed by atoms with van der Waals surface area (Å²) < 4.78 is 1.16. The molecule has 106 valence electrons. The Morgan fingerprint density at radius 2 is 1.95 bits per heavy atom. The highest BCUT2D eigenvalue weighted by molar-refractivity contribution is 9.10. The summed E-state index contributed by atoms with van der Waals surface area (Å²) in [6.45, 7) is 0.839. The maximum absolute atomic E-state index is 8.91. The molecule has 0 unspecified atom stereocenters. The van der Waals surface area contributed by atoms with Crippen LogP contribution in [0.25, 0.3) is 0 Å². The first-order valence-electron chi connectivity index (χ1n) is 7.22. The molecular formula is C18H17BrN2. The Labute approximate surface area is 133 Å². The SMILES string of the molecule is N#Cc1cccc(CNC2CC(c3cccc(Br)c3)C2)c1. The van der Waals surface area contributed by atoms with Crippen molar-refractivity contribution in [3.05, 3.63) is 69.7 Å². The molecule has 3 rings (SSSR count). The van der Waals surface area contributed by atoms with Gasteiger partial charge in [-0.2, -0.15) is 5.26 Å². The lowest BCUT2D eigenvalue weighted by atomic mass is 9.76. The zero-order chi connectivity index (χ0) is 14.7. The normalized spacial score (nSPS) is 20.6. The van der Waals surface area contributed by atoms with E-state index < -0.39 is 0 Å². The van der Waals surface area contributed by atoms with Gasteiger partial charge in [0, 0.05) is 17.1 Å². The third-order valence-corrected chi connectivity index (χ3v) is 4.60. The van der Waals surface area contributed by atoms with Gasteiger partial charge in [0.25, 0.3) is 0 Å². The van der Waals surface area contributed by atoms with E-state index in [0.717, 1.165) is 16.6 Å². The molecule has 0 atom stereocenters. The second kappa shape index (κ2) is 6.43. The van der Waals surface area contributed by atoms with Crippen molar-refractivity contribution in [1.29, 1.82) is 5.26 Å². The van der Waals surface area contributed by atoms with E-state index in [1.165, 1.54) is 24.0 Å². The van der Waals surface area contributed by atoms with E-state index in [9.17, 15) is 0 Å². The van der Waals surface area contributed by atoms with Gasteiger partial charge < -0.3 is 5.32 Å². The van der Waals surface area contributed by atoms with Gasteiger partial charge in [-0.05, 0) is 54.2 Å². The van der Waals surface area contributed by atoms with Crippen molar-refractivity contribution in [1.82, 2.24) is 5.32 Å². The maximum Gasteiger partial charge on any atom is 0.0991 e. The van der Waals surface area contributed by atoms with Gasteiger partial charge in [-0.3, -0.25) is 0 Å². The molecule has 2 nitrogen and oxygen atoms in total. The molecule has 0 saturated heterocycles. The van der Waals surface area contributed by atoms with E-state index in [1.54, 1.807) is 0 Å². The summed E-state index contributed by atoms with van der Waals surface area (Å²) in [4.78, 5) is 0. The van der Waals surface area contributed by atoms with Crippen LogP contribution >= 0.6 is 15.9 Å². The zero-order valence-electron chi connectivity index (χ0n) is 11.7. The first-order chi connectivity index (χ1) is 10.2. The van der Waals surface area contributed by atoms with E-state index in [0.29, 0.717) is 12.0 Å². The first-order valence-corrected chi connectivity index (χ1v) is 8.02. The lowest BCUT2D eigenvalue weighted by Crippen LogP contribution is -2.39. The minimum atomic E-state index is 0.583.